The molecule has 2 heterocycles. The molecule has 1 aliphatic rings. The average molecular weight is 243 g/mol. The van der Waals surface area contributed by atoms with Crippen molar-refractivity contribution in [1.29, 1.82) is 0 Å². The Balaban J connectivity index is 2.05. The van der Waals surface area contributed by atoms with Crippen LogP contribution in [0.2, 0.25) is 0 Å². The average Bonchev–Trinajstić information content (AvgIpc) is 2.30. The molecule has 0 saturated carbocycles. The van der Waals surface area contributed by atoms with Crippen LogP contribution in [-0.2, 0) is 0 Å². The van der Waals surface area contributed by atoms with E-state index < -0.39 is 5.82 Å². The Kier molecular flexibility index (Phi) is 3.39. The molecule has 1 amide bonds. The molecule has 0 N–H and O–H groups in total. The van der Waals surface area contributed by atoms with Gasteiger partial charge in [-0.1, -0.05) is 0 Å². The fourth-order valence-electron chi connectivity index (χ4n) is 1.72. The summed E-state index contributed by atoms with van der Waals surface area (Å²) in [7, 11) is 0. The van der Waals surface area contributed by atoms with Gasteiger partial charge in [0.05, 0.1) is 6.20 Å². The zero-order valence-corrected chi connectivity index (χ0v) is 9.45. The Morgan fingerprint density at radius 2 is 2.12 bits per heavy atom. The van der Waals surface area contributed by atoms with Crippen molar-refractivity contribution < 1.29 is 9.18 Å². The lowest BCUT2D eigenvalue weighted by atomic mass is 10.1. The van der Waals surface area contributed by atoms with Crippen molar-refractivity contribution in [3.63, 3.8) is 0 Å². The fraction of sp³-hybridized carbons (Fsp3) is 0.455. The number of halogens is 2. The number of piperidine rings is 1. The molecule has 0 radical (unpaired) electrons. The molecule has 0 aromatic carbocycles. The van der Waals surface area contributed by atoms with Crippen molar-refractivity contribution in [3.8, 4) is 0 Å². The third-order valence-electron chi connectivity index (χ3n) is 2.66. The second kappa shape index (κ2) is 4.78. The van der Waals surface area contributed by atoms with Gasteiger partial charge in [-0.15, -0.1) is 11.6 Å². The number of nitrogens with zero attached hydrogens (tertiary/aromatic N) is 2. The molecule has 1 saturated heterocycles. The molecule has 5 heteroatoms. The third kappa shape index (κ3) is 2.50. The monoisotopic (exact) mass is 242 g/mol. The summed E-state index contributed by atoms with van der Waals surface area (Å²) in [6, 6.07) is 2.65. The van der Waals surface area contributed by atoms with Gasteiger partial charge in [-0.05, 0) is 25.0 Å². The predicted molar refractivity (Wildman–Crippen MR) is 59.0 cm³/mol. The van der Waals surface area contributed by atoms with Crippen molar-refractivity contribution in [2.24, 2.45) is 0 Å². The SMILES string of the molecule is O=C(c1ccc(F)cn1)N1CCC(Cl)CC1. The van der Waals surface area contributed by atoms with Gasteiger partial charge in [0.2, 0.25) is 0 Å². The molecule has 0 spiro atoms. The summed E-state index contributed by atoms with van der Waals surface area (Å²) in [5.74, 6) is -0.584. The van der Waals surface area contributed by atoms with E-state index in [-0.39, 0.29) is 17.0 Å². The first-order chi connectivity index (χ1) is 7.66. The van der Waals surface area contributed by atoms with Crippen LogP contribution in [0.5, 0.6) is 0 Å². The summed E-state index contributed by atoms with van der Waals surface area (Å²) >= 11 is 5.95. The minimum absolute atomic E-state index is 0.149. The van der Waals surface area contributed by atoms with E-state index in [1.807, 2.05) is 0 Å². The molecule has 3 nitrogen and oxygen atoms in total. The van der Waals surface area contributed by atoms with Gasteiger partial charge in [0.25, 0.3) is 5.91 Å². The lowest BCUT2D eigenvalue weighted by molar-refractivity contribution is 0.0720. The van der Waals surface area contributed by atoms with Crippen molar-refractivity contribution >= 4 is 17.5 Å². The van der Waals surface area contributed by atoms with Crippen molar-refractivity contribution in [2.75, 3.05) is 13.1 Å². The normalized spacial score (nSPS) is 17.5. The Morgan fingerprint density at radius 1 is 1.44 bits per heavy atom. The van der Waals surface area contributed by atoms with Crippen LogP contribution in [0.4, 0.5) is 4.39 Å². The molecular formula is C11H12ClFN2O. The second-order valence-electron chi connectivity index (χ2n) is 3.83. The molecule has 1 fully saturated rings. The van der Waals surface area contributed by atoms with Gasteiger partial charge < -0.3 is 4.90 Å². The first kappa shape index (κ1) is 11.3. The zero-order chi connectivity index (χ0) is 11.5. The van der Waals surface area contributed by atoms with Crippen LogP contribution in [0, 0.1) is 5.82 Å². The van der Waals surface area contributed by atoms with E-state index in [2.05, 4.69) is 4.98 Å². The number of amides is 1. The molecule has 1 aromatic rings. The molecule has 0 unspecified atom stereocenters. The Bertz CT molecular complexity index is 374. The number of hydrogen-bond acceptors (Lipinski definition) is 2. The van der Waals surface area contributed by atoms with E-state index in [1.165, 1.54) is 12.1 Å². The minimum atomic E-state index is -0.434. The number of likely N-dealkylation sites (tertiary alicyclic amines) is 1. The maximum Gasteiger partial charge on any atom is 0.272 e. The lowest BCUT2D eigenvalue weighted by Crippen LogP contribution is -2.39. The summed E-state index contributed by atoms with van der Waals surface area (Å²) in [4.78, 5) is 17.4. The van der Waals surface area contributed by atoms with E-state index in [1.54, 1.807) is 4.90 Å². The van der Waals surface area contributed by atoms with Crippen LogP contribution < -0.4 is 0 Å². The molecule has 1 aromatic heterocycles. The van der Waals surface area contributed by atoms with Gasteiger partial charge in [0, 0.05) is 18.5 Å². The molecule has 0 aliphatic carbocycles. The Hall–Kier alpha value is -1.16. The Labute approximate surface area is 98.2 Å². The van der Waals surface area contributed by atoms with Crippen LogP contribution in [-0.4, -0.2) is 34.3 Å². The van der Waals surface area contributed by atoms with Gasteiger partial charge in [-0.25, -0.2) is 9.37 Å². The number of hydrogen-bond donors (Lipinski definition) is 0. The van der Waals surface area contributed by atoms with Gasteiger partial charge >= 0.3 is 0 Å². The second-order valence-corrected chi connectivity index (χ2v) is 4.45. The number of pyridine rings is 1. The third-order valence-corrected chi connectivity index (χ3v) is 3.09. The van der Waals surface area contributed by atoms with Crippen LogP contribution in [0.25, 0.3) is 0 Å². The molecule has 1 aliphatic heterocycles. The fourth-order valence-corrected chi connectivity index (χ4v) is 1.91. The van der Waals surface area contributed by atoms with Crippen LogP contribution in [0.1, 0.15) is 23.3 Å². The largest absolute Gasteiger partial charge is 0.337 e. The van der Waals surface area contributed by atoms with E-state index in [0.717, 1.165) is 19.0 Å². The lowest BCUT2D eigenvalue weighted by Gasteiger charge is -2.28. The highest BCUT2D eigenvalue weighted by atomic mass is 35.5. The van der Waals surface area contributed by atoms with Crippen LogP contribution in [0.15, 0.2) is 18.3 Å². The molecule has 16 heavy (non-hydrogen) atoms. The highest BCUT2D eigenvalue weighted by Gasteiger charge is 2.22. The first-order valence-corrected chi connectivity index (χ1v) is 5.65. The standard InChI is InChI=1S/C11H12ClFN2O/c12-8-3-5-15(6-4-8)11(16)10-2-1-9(13)7-14-10/h1-2,7-8H,3-6H2. The highest BCUT2D eigenvalue weighted by molar-refractivity contribution is 6.20. The number of carbonyl (C=O) groups excluding carboxylic acids is 1. The van der Waals surface area contributed by atoms with Gasteiger partial charge in [0.1, 0.15) is 11.5 Å². The minimum Gasteiger partial charge on any atom is -0.337 e. The van der Waals surface area contributed by atoms with Crippen LogP contribution >= 0.6 is 11.6 Å². The quantitative estimate of drug-likeness (QED) is 0.707. The number of aromatic nitrogens is 1. The van der Waals surface area contributed by atoms with Gasteiger partial charge in [0.15, 0.2) is 0 Å². The summed E-state index contributed by atoms with van der Waals surface area (Å²) < 4.78 is 12.6. The molecule has 0 atom stereocenters. The van der Waals surface area contributed by atoms with Crippen molar-refractivity contribution in [3.05, 3.63) is 29.8 Å². The summed E-state index contributed by atoms with van der Waals surface area (Å²) in [6.07, 6.45) is 2.66. The molecule has 0 bridgehead atoms. The van der Waals surface area contributed by atoms with E-state index in [9.17, 15) is 9.18 Å². The number of carbonyl (C=O) groups is 1. The summed E-state index contributed by atoms with van der Waals surface area (Å²) in [5.41, 5.74) is 0.287. The highest BCUT2D eigenvalue weighted by Crippen LogP contribution is 2.17. The maximum atomic E-state index is 12.6. The molecule has 86 valence electrons. The van der Waals surface area contributed by atoms with E-state index >= 15 is 0 Å². The van der Waals surface area contributed by atoms with Crippen LogP contribution in [0.3, 0.4) is 0 Å². The summed E-state index contributed by atoms with van der Waals surface area (Å²) in [6.45, 7) is 1.29. The maximum absolute atomic E-state index is 12.6. The van der Waals surface area contributed by atoms with Crippen molar-refractivity contribution in [1.82, 2.24) is 9.88 Å². The van der Waals surface area contributed by atoms with E-state index in [0.29, 0.717) is 13.1 Å². The molecule has 2 rings (SSSR count). The first-order valence-electron chi connectivity index (χ1n) is 5.22. The number of alkyl halides is 1. The van der Waals surface area contributed by atoms with Gasteiger partial charge in [-0.2, -0.15) is 0 Å². The molecular weight excluding hydrogens is 231 g/mol. The van der Waals surface area contributed by atoms with E-state index in [4.69, 9.17) is 11.6 Å². The van der Waals surface area contributed by atoms with Crippen molar-refractivity contribution in [2.45, 2.75) is 18.2 Å². The van der Waals surface area contributed by atoms with Gasteiger partial charge in [-0.3, -0.25) is 4.79 Å². The Morgan fingerprint density at radius 3 is 2.69 bits per heavy atom. The number of rotatable bonds is 1. The topological polar surface area (TPSA) is 33.2 Å². The predicted octanol–water partition coefficient (Wildman–Crippen LogP) is 2.06. The summed E-state index contributed by atoms with van der Waals surface area (Å²) in [5, 5.41) is 0.158. The smallest absolute Gasteiger partial charge is 0.272 e. The zero-order valence-electron chi connectivity index (χ0n) is 8.70.